The van der Waals surface area contributed by atoms with Gasteiger partial charge in [0.1, 0.15) is 18.4 Å². The van der Waals surface area contributed by atoms with Crippen molar-refractivity contribution in [3.8, 4) is 0 Å². The van der Waals surface area contributed by atoms with Crippen LogP contribution in [-0.2, 0) is 26.2 Å². The molecule has 0 spiro atoms. The van der Waals surface area contributed by atoms with Crippen LogP contribution in [0.3, 0.4) is 0 Å². The van der Waals surface area contributed by atoms with E-state index < -0.39 is 40.2 Å². The highest BCUT2D eigenvalue weighted by atomic mass is 35.5. The second kappa shape index (κ2) is 12.4. The first-order valence-electron chi connectivity index (χ1n) is 12.1. The highest BCUT2D eigenvalue weighted by Crippen LogP contribution is 2.26. The summed E-state index contributed by atoms with van der Waals surface area (Å²) in [5.74, 6) is -1.57. The maximum Gasteiger partial charge on any atom is 0.264 e. The minimum absolute atomic E-state index is 0.0208. The van der Waals surface area contributed by atoms with Gasteiger partial charge in [0.25, 0.3) is 10.0 Å². The first-order valence-corrected chi connectivity index (χ1v) is 13.9. The van der Waals surface area contributed by atoms with E-state index in [1.165, 1.54) is 29.2 Å². The van der Waals surface area contributed by atoms with Crippen LogP contribution in [0.5, 0.6) is 0 Å². The normalized spacial score (nSPS) is 12.2. The molecule has 38 heavy (non-hydrogen) atoms. The number of carbonyl (C=O) groups is 2. The largest absolute Gasteiger partial charge is 0.352 e. The Balaban J connectivity index is 2.03. The van der Waals surface area contributed by atoms with Crippen molar-refractivity contribution < 1.29 is 22.4 Å². The highest BCUT2D eigenvalue weighted by molar-refractivity contribution is 7.92. The van der Waals surface area contributed by atoms with Crippen LogP contribution in [0.1, 0.15) is 31.9 Å². The monoisotopic (exact) mass is 559 g/mol. The molecule has 1 N–H and O–H groups in total. The number of nitrogens with zero attached hydrogens (tertiary/aromatic N) is 2. The van der Waals surface area contributed by atoms with Crippen molar-refractivity contribution in [2.75, 3.05) is 10.8 Å². The Morgan fingerprint density at radius 3 is 2.13 bits per heavy atom. The van der Waals surface area contributed by atoms with E-state index in [1.54, 1.807) is 57.2 Å². The molecule has 0 aliphatic heterocycles. The standard InChI is InChI=1S/C28H31ClFN3O4S/c1-19(2)31-28(35)21(4)32(17-22-7-5-6-8-26(22)29)27(34)18-33(24-13-11-23(30)12-14-24)38(36,37)25-15-9-20(3)10-16-25/h5-16,19,21H,17-18H2,1-4H3,(H,31,35). The van der Waals surface area contributed by atoms with Gasteiger partial charge in [0, 0.05) is 17.6 Å². The predicted molar refractivity (Wildman–Crippen MR) is 147 cm³/mol. The number of hydrogen-bond acceptors (Lipinski definition) is 4. The van der Waals surface area contributed by atoms with Crippen LogP contribution >= 0.6 is 11.6 Å². The minimum Gasteiger partial charge on any atom is -0.352 e. The van der Waals surface area contributed by atoms with E-state index in [1.807, 2.05) is 6.92 Å². The van der Waals surface area contributed by atoms with Gasteiger partial charge in [-0.2, -0.15) is 0 Å². The molecule has 3 rings (SSSR count). The second-order valence-electron chi connectivity index (χ2n) is 9.25. The van der Waals surface area contributed by atoms with E-state index in [9.17, 15) is 22.4 Å². The second-order valence-corrected chi connectivity index (χ2v) is 11.5. The van der Waals surface area contributed by atoms with Gasteiger partial charge >= 0.3 is 0 Å². The molecule has 0 aliphatic carbocycles. The lowest BCUT2D eigenvalue weighted by Gasteiger charge is -2.32. The number of halogens is 2. The van der Waals surface area contributed by atoms with Gasteiger partial charge in [0.15, 0.2) is 0 Å². The lowest BCUT2D eigenvalue weighted by molar-refractivity contribution is -0.139. The molecule has 0 saturated heterocycles. The molecule has 0 aliphatic rings. The summed E-state index contributed by atoms with van der Waals surface area (Å²) in [4.78, 5) is 28.0. The number of benzene rings is 3. The molecule has 7 nitrogen and oxygen atoms in total. The third-order valence-electron chi connectivity index (χ3n) is 5.90. The molecular formula is C28H31ClFN3O4S. The molecule has 202 valence electrons. The fourth-order valence-corrected chi connectivity index (χ4v) is 5.38. The zero-order chi connectivity index (χ0) is 28.0. The van der Waals surface area contributed by atoms with Gasteiger partial charge in [-0.25, -0.2) is 12.8 Å². The number of sulfonamides is 1. The lowest BCUT2D eigenvalue weighted by atomic mass is 10.1. The molecule has 2 amide bonds. The van der Waals surface area contributed by atoms with Crippen LogP contribution < -0.4 is 9.62 Å². The molecule has 0 bridgehead atoms. The van der Waals surface area contributed by atoms with Crippen molar-refractivity contribution in [3.63, 3.8) is 0 Å². The third-order valence-corrected chi connectivity index (χ3v) is 8.06. The first kappa shape index (κ1) is 29.1. The average Bonchev–Trinajstić information content (AvgIpc) is 2.86. The Kier molecular flexibility index (Phi) is 9.51. The van der Waals surface area contributed by atoms with Crippen molar-refractivity contribution >= 4 is 39.1 Å². The number of nitrogens with one attached hydrogen (secondary N) is 1. The molecule has 0 fully saturated rings. The van der Waals surface area contributed by atoms with E-state index in [-0.39, 0.29) is 23.2 Å². The third kappa shape index (κ3) is 7.11. The number of hydrogen-bond donors (Lipinski definition) is 1. The van der Waals surface area contributed by atoms with Crippen molar-refractivity contribution in [1.29, 1.82) is 0 Å². The van der Waals surface area contributed by atoms with Crippen LogP contribution in [0.15, 0.2) is 77.7 Å². The highest BCUT2D eigenvalue weighted by Gasteiger charge is 2.33. The van der Waals surface area contributed by atoms with Crippen molar-refractivity contribution in [2.24, 2.45) is 0 Å². The Labute approximate surface area is 228 Å². The summed E-state index contributed by atoms with van der Waals surface area (Å²) in [7, 11) is -4.22. The maximum atomic E-state index is 13.8. The predicted octanol–water partition coefficient (Wildman–Crippen LogP) is 4.92. The first-order chi connectivity index (χ1) is 17.9. The molecule has 0 heterocycles. The van der Waals surface area contributed by atoms with Crippen molar-refractivity contribution in [3.05, 3.63) is 94.8 Å². The lowest BCUT2D eigenvalue weighted by Crippen LogP contribution is -2.52. The zero-order valence-electron chi connectivity index (χ0n) is 21.7. The maximum absolute atomic E-state index is 13.8. The Hall–Kier alpha value is -3.43. The van der Waals surface area contributed by atoms with Crippen LogP contribution in [0, 0.1) is 12.7 Å². The van der Waals surface area contributed by atoms with Gasteiger partial charge in [0.2, 0.25) is 11.8 Å². The van der Waals surface area contributed by atoms with E-state index in [2.05, 4.69) is 5.32 Å². The molecule has 3 aromatic carbocycles. The van der Waals surface area contributed by atoms with Crippen LogP contribution in [0.25, 0.3) is 0 Å². The Morgan fingerprint density at radius 2 is 1.55 bits per heavy atom. The number of amides is 2. The molecule has 0 aromatic heterocycles. The number of rotatable bonds is 10. The molecule has 0 radical (unpaired) electrons. The Morgan fingerprint density at radius 1 is 0.947 bits per heavy atom. The smallest absolute Gasteiger partial charge is 0.264 e. The topological polar surface area (TPSA) is 86.8 Å². The van der Waals surface area contributed by atoms with Gasteiger partial charge < -0.3 is 10.2 Å². The van der Waals surface area contributed by atoms with E-state index in [0.717, 1.165) is 22.0 Å². The van der Waals surface area contributed by atoms with Gasteiger partial charge in [-0.1, -0.05) is 47.5 Å². The Bertz CT molecular complexity index is 1380. The molecule has 10 heteroatoms. The summed E-state index contributed by atoms with van der Waals surface area (Å²) in [5.41, 5.74) is 1.57. The fourth-order valence-electron chi connectivity index (χ4n) is 3.77. The number of aryl methyl sites for hydroxylation is 1. The fraction of sp³-hybridized carbons (Fsp3) is 0.286. The SMILES string of the molecule is Cc1ccc(S(=O)(=O)N(CC(=O)N(Cc2ccccc2Cl)C(C)C(=O)NC(C)C)c2ccc(F)cc2)cc1. The number of carbonyl (C=O) groups excluding carboxylic acids is 2. The van der Waals surface area contributed by atoms with Crippen molar-refractivity contribution in [2.45, 2.75) is 51.2 Å². The van der Waals surface area contributed by atoms with Crippen LogP contribution in [0.4, 0.5) is 10.1 Å². The molecule has 3 aromatic rings. The van der Waals surface area contributed by atoms with Crippen LogP contribution in [-0.4, -0.2) is 43.8 Å². The summed E-state index contributed by atoms with van der Waals surface area (Å²) in [6.07, 6.45) is 0. The quantitative estimate of drug-likeness (QED) is 0.382. The van der Waals surface area contributed by atoms with E-state index in [4.69, 9.17) is 11.6 Å². The van der Waals surface area contributed by atoms with Crippen molar-refractivity contribution in [1.82, 2.24) is 10.2 Å². The van der Waals surface area contributed by atoms with E-state index >= 15 is 0 Å². The molecule has 0 saturated carbocycles. The number of anilines is 1. The van der Waals surface area contributed by atoms with Gasteiger partial charge in [0.05, 0.1) is 10.6 Å². The summed E-state index contributed by atoms with van der Waals surface area (Å²) < 4.78 is 42.0. The summed E-state index contributed by atoms with van der Waals surface area (Å²) in [6.45, 7) is 6.36. The van der Waals surface area contributed by atoms with Gasteiger partial charge in [-0.15, -0.1) is 0 Å². The summed E-state index contributed by atoms with van der Waals surface area (Å²) in [5, 5.41) is 3.20. The van der Waals surface area contributed by atoms with Crippen LogP contribution in [0.2, 0.25) is 5.02 Å². The molecular weight excluding hydrogens is 529 g/mol. The van der Waals surface area contributed by atoms with Gasteiger partial charge in [-0.05, 0) is 75.7 Å². The molecule has 1 atom stereocenters. The summed E-state index contributed by atoms with van der Waals surface area (Å²) >= 11 is 6.34. The summed E-state index contributed by atoms with van der Waals surface area (Å²) in [6, 6.07) is 16.8. The average molecular weight is 560 g/mol. The minimum atomic E-state index is -4.22. The van der Waals surface area contributed by atoms with Gasteiger partial charge in [-0.3, -0.25) is 13.9 Å². The molecule has 1 unspecified atom stereocenters. The zero-order valence-corrected chi connectivity index (χ0v) is 23.3. The van der Waals surface area contributed by atoms with E-state index in [0.29, 0.717) is 10.6 Å².